The predicted molar refractivity (Wildman–Crippen MR) is 67.3 cm³/mol. The second kappa shape index (κ2) is 4.20. The third-order valence-electron chi connectivity index (χ3n) is 2.66. The van der Waals surface area contributed by atoms with Gasteiger partial charge in [0, 0.05) is 10.6 Å². The first-order valence-electron chi connectivity index (χ1n) is 5.40. The molecule has 1 atom stereocenters. The Morgan fingerprint density at radius 1 is 1.50 bits per heavy atom. The normalized spacial score (nSPS) is 12.4. The van der Waals surface area contributed by atoms with E-state index < -0.39 is 0 Å². The van der Waals surface area contributed by atoms with E-state index in [0.717, 1.165) is 16.3 Å². The van der Waals surface area contributed by atoms with Crippen LogP contribution in [0.3, 0.4) is 0 Å². The van der Waals surface area contributed by atoms with Gasteiger partial charge in [-0.05, 0) is 24.4 Å². The number of thiophene rings is 1. The minimum Gasteiger partial charge on any atom is -0.216 e. The number of nitrogens with zero attached hydrogens (tertiary/aromatic N) is 5. The minimum atomic E-state index is -0.337. The Labute approximate surface area is 107 Å². The summed E-state index contributed by atoms with van der Waals surface area (Å²) in [5, 5.41) is 15.5. The zero-order valence-corrected chi connectivity index (χ0v) is 10.4. The summed E-state index contributed by atoms with van der Waals surface area (Å²) in [6.45, 7) is 1.89. The molecule has 0 aliphatic carbocycles. The summed E-state index contributed by atoms with van der Waals surface area (Å²) >= 11 is 1.56. The van der Waals surface area contributed by atoms with E-state index in [-0.39, 0.29) is 5.92 Å². The van der Waals surface area contributed by atoms with E-state index in [0.29, 0.717) is 5.78 Å². The molecule has 6 heteroatoms. The van der Waals surface area contributed by atoms with Crippen molar-refractivity contribution in [2.45, 2.75) is 12.8 Å². The van der Waals surface area contributed by atoms with Crippen molar-refractivity contribution in [3.63, 3.8) is 0 Å². The van der Waals surface area contributed by atoms with Gasteiger partial charge in [-0.3, -0.25) is 0 Å². The van der Waals surface area contributed by atoms with Crippen molar-refractivity contribution in [1.29, 1.82) is 5.26 Å². The third kappa shape index (κ3) is 1.65. The van der Waals surface area contributed by atoms with Crippen molar-refractivity contribution in [2.75, 3.05) is 0 Å². The number of rotatable bonds is 2. The Bertz CT molecular complexity index is 723. The zero-order valence-electron chi connectivity index (χ0n) is 9.61. The molecule has 0 aliphatic rings. The molecule has 0 amide bonds. The smallest absolute Gasteiger partial charge is 0.216 e. The Morgan fingerprint density at radius 3 is 3.11 bits per heavy atom. The molecule has 3 heterocycles. The van der Waals surface area contributed by atoms with Crippen molar-refractivity contribution < 1.29 is 0 Å². The zero-order chi connectivity index (χ0) is 12.5. The van der Waals surface area contributed by atoms with Gasteiger partial charge in [-0.2, -0.15) is 19.9 Å². The standard InChI is InChI=1S/C12H9N5S/c1-8-5-10(17-12(16-8)14-7-15-17)9(6-13)11-3-2-4-18-11/h2-5,7,9H,1H3. The van der Waals surface area contributed by atoms with Crippen LogP contribution in [0.2, 0.25) is 0 Å². The highest BCUT2D eigenvalue weighted by atomic mass is 32.1. The molecule has 5 nitrogen and oxygen atoms in total. The van der Waals surface area contributed by atoms with Crippen LogP contribution in [0.5, 0.6) is 0 Å². The van der Waals surface area contributed by atoms with E-state index in [4.69, 9.17) is 0 Å². The second-order valence-electron chi connectivity index (χ2n) is 3.87. The minimum absolute atomic E-state index is 0.337. The Balaban J connectivity index is 2.24. The number of hydrogen-bond acceptors (Lipinski definition) is 5. The Morgan fingerprint density at radius 2 is 2.39 bits per heavy atom. The lowest BCUT2D eigenvalue weighted by Gasteiger charge is -2.09. The maximum absolute atomic E-state index is 9.41. The van der Waals surface area contributed by atoms with Gasteiger partial charge in [-0.25, -0.2) is 4.98 Å². The molecular formula is C12H9N5S. The monoisotopic (exact) mass is 255 g/mol. The number of hydrogen-bond donors (Lipinski definition) is 0. The molecule has 0 radical (unpaired) electrons. The van der Waals surface area contributed by atoms with Crippen LogP contribution in [0.4, 0.5) is 0 Å². The molecule has 0 aromatic carbocycles. The molecule has 18 heavy (non-hydrogen) atoms. The van der Waals surface area contributed by atoms with Crippen LogP contribution in [0, 0.1) is 18.3 Å². The first-order chi connectivity index (χ1) is 8.79. The van der Waals surface area contributed by atoms with E-state index >= 15 is 0 Å². The van der Waals surface area contributed by atoms with Crippen LogP contribution in [-0.4, -0.2) is 19.6 Å². The average Bonchev–Trinajstić information content (AvgIpc) is 2.99. The summed E-state index contributed by atoms with van der Waals surface area (Å²) in [5.74, 6) is 0.192. The lowest BCUT2D eigenvalue weighted by Crippen LogP contribution is -2.07. The van der Waals surface area contributed by atoms with E-state index in [1.54, 1.807) is 15.9 Å². The van der Waals surface area contributed by atoms with Gasteiger partial charge in [0.1, 0.15) is 12.2 Å². The molecule has 0 saturated heterocycles. The largest absolute Gasteiger partial charge is 0.252 e. The van der Waals surface area contributed by atoms with Crippen LogP contribution in [0.25, 0.3) is 5.78 Å². The summed E-state index contributed by atoms with van der Waals surface area (Å²) in [6.07, 6.45) is 1.45. The highest BCUT2D eigenvalue weighted by Crippen LogP contribution is 2.27. The van der Waals surface area contributed by atoms with E-state index in [2.05, 4.69) is 21.1 Å². The van der Waals surface area contributed by atoms with Crippen molar-refractivity contribution in [3.8, 4) is 6.07 Å². The lowest BCUT2D eigenvalue weighted by molar-refractivity contribution is 0.825. The fourth-order valence-electron chi connectivity index (χ4n) is 1.90. The van der Waals surface area contributed by atoms with Gasteiger partial charge in [0.05, 0.1) is 11.8 Å². The summed E-state index contributed by atoms with van der Waals surface area (Å²) < 4.78 is 1.63. The average molecular weight is 255 g/mol. The molecule has 0 N–H and O–H groups in total. The third-order valence-corrected chi connectivity index (χ3v) is 3.60. The molecule has 1 unspecified atom stereocenters. The van der Waals surface area contributed by atoms with E-state index in [1.165, 1.54) is 6.33 Å². The van der Waals surface area contributed by atoms with Crippen molar-refractivity contribution in [3.05, 3.63) is 46.2 Å². The van der Waals surface area contributed by atoms with Crippen LogP contribution in [0.15, 0.2) is 29.9 Å². The van der Waals surface area contributed by atoms with E-state index in [1.807, 2.05) is 30.5 Å². The SMILES string of the molecule is Cc1cc(C(C#N)c2cccs2)n2ncnc2n1. The van der Waals surface area contributed by atoms with Crippen LogP contribution < -0.4 is 0 Å². The summed E-state index contributed by atoms with van der Waals surface area (Å²) in [6, 6.07) is 8.10. The van der Waals surface area contributed by atoms with Crippen LogP contribution in [0.1, 0.15) is 22.2 Å². The topological polar surface area (TPSA) is 66.9 Å². The Kier molecular flexibility index (Phi) is 2.54. The second-order valence-corrected chi connectivity index (χ2v) is 4.85. The first kappa shape index (κ1) is 10.9. The highest BCUT2D eigenvalue weighted by Gasteiger charge is 2.19. The lowest BCUT2D eigenvalue weighted by atomic mass is 10.0. The van der Waals surface area contributed by atoms with Crippen LogP contribution >= 0.6 is 11.3 Å². The first-order valence-corrected chi connectivity index (χ1v) is 6.28. The summed E-state index contributed by atoms with van der Waals surface area (Å²) in [4.78, 5) is 9.35. The molecule has 0 fully saturated rings. The fraction of sp³-hybridized carbons (Fsp3) is 0.167. The van der Waals surface area contributed by atoms with Gasteiger partial charge < -0.3 is 0 Å². The molecule has 0 spiro atoms. The van der Waals surface area contributed by atoms with E-state index in [9.17, 15) is 5.26 Å². The molecular weight excluding hydrogens is 246 g/mol. The number of fused-ring (bicyclic) bond motifs is 1. The highest BCUT2D eigenvalue weighted by molar-refractivity contribution is 7.10. The van der Waals surface area contributed by atoms with Crippen LogP contribution in [-0.2, 0) is 0 Å². The number of nitriles is 1. The molecule has 3 aromatic rings. The number of aryl methyl sites for hydroxylation is 1. The van der Waals surface area contributed by atoms with Gasteiger partial charge >= 0.3 is 0 Å². The van der Waals surface area contributed by atoms with Gasteiger partial charge in [0.2, 0.25) is 0 Å². The molecule has 3 rings (SSSR count). The van der Waals surface area contributed by atoms with Gasteiger partial charge in [0.25, 0.3) is 5.78 Å². The quantitative estimate of drug-likeness (QED) is 0.703. The van der Waals surface area contributed by atoms with Gasteiger partial charge in [0.15, 0.2) is 0 Å². The summed E-state index contributed by atoms with van der Waals surface area (Å²) in [5.41, 5.74) is 1.64. The number of aromatic nitrogens is 4. The molecule has 88 valence electrons. The Hall–Kier alpha value is -2.26. The van der Waals surface area contributed by atoms with Crippen molar-refractivity contribution in [2.24, 2.45) is 0 Å². The van der Waals surface area contributed by atoms with Crippen molar-refractivity contribution in [1.82, 2.24) is 19.6 Å². The summed E-state index contributed by atoms with van der Waals surface area (Å²) in [7, 11) is 0. The molecule has 0 aliphatic heterocycles. The van der Waals surface area contributed by atoms with Gasteiger partial charge in [-0.1, -0.05) is 6.07 Å². The maximum atomic E-state index is 9.41. The fourth-order valence-corrected chi connectivity index (χ4v) is 2.68. The van der Waals surface area contributed by atoms with Crippen molar-refractivity contribution >= 4 is 17.1 Å². The van der Waals surface area contributed by atoms with Gasteiger partial charge in [-0.15, -0.1) is 11.3 Å². The molecule has 3 aromatic heterocycles. The maximum Gasteiger partial charge on any atom is 0.252 e. The molecule has 0 saturated carbocycles. The molecule has 0 bridgehead atoms. The predicted octanol–water partition coefficient (Wildman–Crippen LogP) is 2.15.